The highest BCUT2D eigenvalue weighted by atomic mass is 35.5. The molecule has 5 aromatic rings. The third-order valence-corrected chi connectivity index (χ3v) is 6.00. The fourth-order valence-corrected chi connectivity index (χ4v) is 4.52. The minimum Gasteiger partial charge on any atom is -0.319 e. The maximum absolute atomic E-state index is 14.2. The number of thiazole rings is 1. The highest BCUT2D eigenvalue weighted by Gasteiger charge is 2.42. The molecule has 5 rings (SSSR count). The number of nitrogens with one attached hydrogen (secondary N) is 1. The van der Waals surface area contributed by atoms with E-state index in [4.69, 9.17) is 11.6 Å². The number of hydrogen-bond acceptors (Lipinski definition) is 7. The molecule has 1 N–H and O–H groups in total. The number of nitrogens with zero attached hydrogens (tertiary/aromatic N) is 7. The Morgan fingerprint density at radius 2 is 1.94 bits per heavy atom. The number of alkyl halides is 3. The third-order valence-electron chi connectivity index (χ3n) is 4.85. The number of anilines is 1. The predicted octanol–water partition coefficient (Wildman–Crippen LogP) is 4.60. The molecule has 0 atom stereocenters. The van der Waals surface area contributed by atoms with Gasteiger partial charge in [-0.15, -0.1) is 16.1 Å². The summed E-state index contributed by atoms with van der Waals surface area (Å²) in [6, 6.07) is 6.15. The van der Waals surface area contributed by atoms with Gasteiger partial charge in [-0.25, -0.2) is 9.97 Å². The van der Waals surface area contributed by atoms with Crippen LogP contribution in [-0.4, -0.2) is 40.6 Å². The average Bonchev–Trinajstić information content (AvgIpc) is 3.52. The van der Waals surface area contributed by atoms with E-state index in [0.29, 0.717) is 10.2 Å². The molecule has 0 bridgehead atoms. The van der Waals surface area contributed by atoms with Crippen LogP contribution < -0.4 is 5.32 Å². The van der Waals surface area contributed by atoms with Crippen LogP contribution in [0.4, 0.5) is 18.9 Å². The quantitative estimate of drug-likeness (QED) is 0.384. The van der Waals surface area contributed by atoms with E-state index in [-0.39, 0.29) is 27.8 Å². The second kappa shape index (κ2) is 8.18. The van der Waals surface area contributed by atoms with Gasteiger partial charge >= 0.3 is 6.18 Å². The standard InChI is InChI=1S/C20H12ClF3N8OS/c1-31-16(19(33)29-10-7-12(21)18(25-8-10)32-27-5-6-28-32)14(20(22,23)24)15(30-31)11-3-2-4-13-17(11)34-9-26-13/h2-9H,1H3,(H,29,33). The van der Waals surface area contributed by atoms with Gasteiger partial charge in [-0.3, -0.25) is 9.48 Å². The summed E-state index contributed by atoms with van der Waals surface area (Å²) in [5.74, 6) is -0.825. The first-order valence-corrected chi connectivity index (χ1v) is 10.8. The lowest BCUT2D eigenvalue weighted by Crippen LogP contribution is -2.21. The zero-order valence-electron chi connectivity index (χ0n) is 17.1. The average molecular weight is 505 g/mol. The van der Waals surface area contributed by atoms with Crippen molar-refractivity contribution in [3.05, 3.63) is 64.6 Å². The first-order chi connectivity index (χ1) is 16.2. The van der Waals surface area contributed by atoms with E-state index in [1.165, 1.54) is 59.4 Å². The molecule has 1 aromatic carbocycles. The Bertz CT molecular complexity index is 1530. The fraction of sp³-hybridized carbons (Fsp3) is 0.100. The van der Waals surface area contributed by atoms with Crippen LogP contribution in [0.2, 0.25) is 5.02 Å². The van der Waals surface area contributed by atoms with Gasteiger partial charge in [0.25, 0.3) is 5.91 Å². The number of aromatic nitrogens is 7. The molecule has 0 aliphatic carbocycles. The normalized spacial score (nSPS) is 11.8. The minimum absolute atomic E-state index is 0.0892. The summed E-state index contributed by atoms with van der Waals surface area (Å²) in [5.41, 5.74) is 0.250. The molecule has 172 valence electrons. The highest BCUT2D eigenvalue weighted by molar-refractivity contribution is 7.17. The van der Waals surface area contributed by atoms with E-state index < -0.39 is 23.3 Å². The Hall–Kier alpha value is -3.84. The molecular formula is C20H12ClF3N8OS. The summed E-state index contributed by atoms with van der Waals surface area (Å²) in [5, 5.41) is 14.4. The number of hydrogen-bond donors (Lipinski definition) is 1. The van der Waals surface area contributed by atoms with Gasteiger partial charge in [-0.2, -0.15) is 28.5 Å². The summed E-state index contributed by atoms with van der Waals surface area (Å²) < 4.78 is 44.1. The molecule has 34 heavy (non-hydrogen) atoms. The van der Waals surface area contributed by atoms with Crippen LogP contribution in [0.15, 0.2) is 48.4 Å². The monoisotopic (exact) mass is 504 g/mol. The summed E-state index contributed by atoms with van der Waals surface area (Å²) in [7, 11) is 1.28. The van der Waals surface area contributed by atoms with Crippen molar-refractivity contribution in [3.8, 4) is 17.1 Å². The number of carbonyl (C=O) groups is 1. The highest BCUT2D eigenvalue weighted by Crippen LogP contribution is 2.42. The molecule has 0 saturated carbocycles. The van der Waals surface area contributed by atoms with Crippen molar-refractivity contribution < 1.29 is 18.0 Å². The zero-order valence-corrected chi connectivity index (χ0v) is 18.7. The van der Waals surface area contributed by atoms with E-state index in [1.54, 1.807) is 12.1 Å². The Kier molecular flexibility index (Phi) is 5.29. The van der Waals surface area contributed by atoms with Crippen molar-refractivity contribution in [3.63, 3.8) is 0 Å². The Balaban J connectivity index is 1.56. The van der Waals surface area contributed by atoms with E-state index in [1.807, 2.05) is 0 Å². The van der Waals surface area contributed by atoms with Crippen molar-refractivity contribution in [1.29, 1.82) is 0 Å². The second-order valence-corrected chi connectivity index (χ2v) is 8.26. The Morgan fingerprint density at radius 3 is 2.65 bits per heavy atom. The number of aryl methyl sites for hydroxylation is 1. The molecule has 4 heterocycles. The van der Waals surface area contributed by atoms with Crippen molar-refractivity contribution in [1.82, 2.24) is 34.7 Å². The zero-order chi connectivity index (χ0) is 24.0. The molecule has 9 nitrogen and oxygen atoms in total. The van der Waals surface area contributed by atoms with Gasteiger partial charge in [0.15, 0.2) is 5.82 Å². The van der Waals surface area contributed by atoms with E-state index >= 15 is 0 Å². The van der Waals surface area contributed by atoms with E-state index in [2.05, 4.69) is 30.6 Å². The molecular weight excluding hydrogens is 493 g/mol. The number of halogens is 4. The molecule has 0 unspecified atom stereocenters. The Labute approximate surface area is 197 Å². The number of amides is 1. The van der Waals surface area contributed by atoms with Crippen LogP contribution in [0.3, 0.4) is 0 Å². The van der Waals surface area contributed by atoms with Gasteiger partial charge in [-0.05, 0) is 12.1 Å². The Morgan fingerprint density at radius 1 is 1.18 bits per heavy atom. The molecule has 1 amide bonds. The van der Waals surface area contributed by atoms with Crippen LogP contribution in [-0.2, 0) is 13.2 Å². The van der Waals surface area contributed by atoms with Crippen LogP contribution in [0.5, 0.6) is 0 Å². The molecule has 4 aromatic heterocycles. The van der Waals surface area contributed by atoms with Crippen molar-refractivity contribution >= 4 is 44.7 Å². The van der Waals surface area contributed by atoms with Gasteiger partial charge in [0.05, 0.1) is 45.0 Å². The van der Waals surface area contributed by atoms with Crippen LogP contribution in [0.1, 0.15) is 16.1 Å². The molecule has 0 spiro atoms. The molecule has 0 aliphatic heterocycles. The van der Waals surface area contributed by atoms with Crippen molar-refractivity contribution in [2.24, 2.45) is 7.05 Å². The van der Waals surface area contributed by atoms with Gasteiger partial charge in [0, 0.05) is 12.6 Å². The fourth-order valence-electron chi connectivity index (χ4n) is 3.48. The first kappa shape index (κ1) is 22.0. The lowest BCUT2D eigenvalue weighted by atomic mass is 10.0. The SMILES string of the molecule is Cn1nc(-c2cccc3ncsc23)c(C(F)(F)F)c1C(=O)Nc1cnc(-n2nccn2)c(Cl)c1. The molecule has 0 fully saturated rings. The number of fused-ring (bicyclic) bond motifs is 1. The molecule has 0 saturated heterocycles. The molecule has 0 radical (unpaired) electrons. The lowest BCUT2D eigenvalue weighted by Gasteiger charge is -2.12. The van der Waals surface area contributed by atoms with Gasteiger partial charge in [-0.1, -0.05) is 23.7 Å². The smallest absolute Gasteiger partial charge is 0.319 e. The van der Waals surface area contributed by atoms with Crippen molar-refractivity contribution in [2.45, 2.75) is 6.18 Å². The van der Waals surface area contributed by atoms with E-state index in [0.717, 1.165) is 4.68 Å². The predicted molar refractivity (Wildman–Crippen MR) is 119 cm³/mol. The molecule has 0 aliphatic rings. The summed E-state index contributed by atoms with van der Waals surface area (Å²) in [6.45, 7) is 0. The van der Waals surface area contributed by atoms with E-state index in [9.17, 15) is 18.0 Å². The topological polar surface area (TPSA) is 103 Å². The van der Waals surface area contributed by atoms with Gasteiger partial charge < -0.3 is 5.32 Å². The molecule has 14 heteroatoms. The van der Waals surface area contributed by atoms with Crippen LogP contribution in [0.25, 0.3) is 27.3 Å². The second-order valence-electron chi connectivity index (χ2n) is 7.00. The third kappa shape index (κ3) is 3.78. The number of benzene rings is 1. The summed E-state index contributed by atoms with van der Waals surface area (Å²) in [4.78, 5) is 22.4. The van der Waals surface area contributed by atoms with Gasteiger partial charge in [0.1, 0.15) is 17.0 Å². The number of pyridine rings is 1. The minimum atomic E-state index is -4.85. The van der Waals surface area contributed by atoms with Crippen molar-refractivity contribution in [2.75, 3.05) is 5.32 Å². The number of rotatable bonds is 4. The number of carbonyl (C=O) groups excluding carboxylic acids is 1. The maximum atomic E-state index is 14.2. The summed E-state index contributed by atoms with van der Waals surface area (Å²) in [6.07, 6.45) is -0.752. The maximum Gasteiger partial charge on any atom is 0.420 e. The lowest BCUT2D eigenvalue weighted by molar-refractivity contribution is -0.137. The van der Waals surface area contributed by atoms with Gasteiger partial charge in [0.2, 0.25) is 0 Å². The van der Waals surface area contributed by atoms with Crippen LogP contribution in [0, 0.1) is 0 Å². The summed E-state index contributed by atoms with van der Waals surface area (Å²) >= 11 is 7.39. The largest absolute Gasteiger partial charge is 0.420 e. The first-order valence-electron chi connectivity index (χ1n) is 9.54. The van der Waals surface area contributed by atoms with Crippen LogP contribution >= 0.6 is 22.9 Å².